The molecule has 0 aliphatic heterocycles. The maximum Gasteiger partial charge on any atom is 0.220 e. The number of aromatic nitrogens is 1. The molecule has 0 spiro atoms. The number of nitrogens with one attached hydrogen (secondary N) is 2. The van der Waals surface area contributed by atoms with Crippen LogP contribution in [-0.4, -0.2) is 24.5 Å². The van der Waals surface area contributed by atoms with Gasteiger partial charge < -0.3 is 15.0 Å². The van der Waals surface area contributed by atoms with Crippen molar-refractivity contribution in [1.82, 2.24) is 10.3 Å². The highest BCUT2D eigenvalue weighted by Gasteiger charge is 2.06. The molecule has 0 atom stereocenters. The van der Waals surface area contributed by atoms with E-state index in [0.717, 1.165) is 24.1 Å². The number of benzene rings is 2. The molecular formula is C21H24N2O2. The summed E-state index contributed by atoms with van der Waals surface area (Å²) in [5.74, 6) is 0.937. The van der Waals surface area contributed by atoms with Gasteiger partial charge in [-0.3, -0.25) is 4.79 Å². The highest BCUT2D eigenvalue weighted by atomic mass is 16.5. The molecule has 0 aliphatic rings. The van der Waals surface area contributed by atoms with Gasteiger partial charge in [-0.1, -0.05) is 29.8 Å². The van der Waals surface area contributed by atoms with Crippen molar-refractivity contribution in [3.05, 3.63) is 65.4 Å². The summed E-state index contributed by atoms with van der Waals surface area (Å²) in [4.78, 5) is 15.3. The van der Waals surface area contributed by atoms with Crippen LogP contribution in [0.5, 0.6) is 5.75 Å². The Morgan fingerprint density at radius 2 is 1.92 bits per heavy atom. The quantitative estimate of drug-likeness (QED) is 0.690. The molecule has 25 heavy (non-hydrogen) atoms. The van der Waals surface area contributed by atoms with Crippen molar-refractivity contribution < 1.29 is 9.53 Å². The van der Waals surface area contributed by atoms with Crippen LogP contribution in [0.1, 0.15) is 23.1 Å². The highest BCUT2D eigenvalue weighted by molar-refractivity contribution is 5.84. The topological polar surface area (TPSA) is 54.1 Å². The second-order valence-corrected chi connectivity index (χ2v) is 6.31. The lowest BCUT2D eigenvalue weighted by Crippen LogP contribution is -2.25. The number of carbonyl (C=O) groups is 1. The van der Waals surface area contributed by atoms with Crippen molar-refractivity contribution in [2.45, 2.75) is 26.2 Å². The molecule has 0 bridgehead atoms. The lowest BCUT2D eigenvalue weighted by Gasteiger charge is -2.06. The van der Waals surface area contributed by atoms with E-state index >= 15 is 0 Å². The molecule has 4 heteroatoms. The van der Waals surface area contributed by atoms with Crippen molar-refractivity contribution in [2.75, 3.05) is 13.7 Å². The number of rotatable bonds is 7. The Morgan fingerprint density at radius 1 is 1.12 bits per heavy atom. The van der Waals surface area contributed by atoms with Gasteiger partial charge in [0.15, 0.2) is 0 Å². The van der Waals surface area contributed by atoms with Crippen LogP contribution >= 0.6 is 0 Å². The minimum absolute atomic E-state index is 0.0992. The van der Waals surface area contributed by atoms with Crippen LogP contribution in [0.2, 0.25) is 0 Å². The lowest BCUT2D eigenvalue weighted by molar-refractivity contribution is -0.121. The summed E-state index contributed by atoms with van der Waals surface area (Å²) in [7, 11) is 1.66. The van der Waals surface area contributed by atoms with Gasteiger partial charge in [-0.25, -0.2) is 0 Å². The fraction of sp³-hybridized carbons (Fsp3) is 0.286. The van der Waals surface area contributed by atoms with E-state index in [1.807, 2.05) is 18.3 Å². The van der Waals surface area contributed by atoms with E-state index < -0.39 is 0 Å². The number of ether oxygens (including phenoxy) is 1. The fourth-order valence-electron chi connectivity index (χ4n) is 2.94. The van der Waals surface area contributed by atoms with Crippen molar-refractivity contribution in [1.29, 1.82) is 0 Å². The number of methoxy groups -OCH3 is 1. The molecule has 4 nitrogen and oxygen atoms in total. The maximum absolute atomic E-state index is 12.0. The Balaban J connectivity index is 1.47. The number of fused-ring (bicyclic) bond motifs is 1. The summed E-state index contributed by atoms with van der Waals surface area (Å²) in [6.45, 7) is 2.71. The normalized spacial score (nSPS) is 10.8. The van der Waals surface area contributed by atoms with Crippen LogP contribution in [0, 0.1) is 6.92 Å². The van der Waals surface area contributed by atoms with Gasteiger partial charge in [-0.05, 0) is 43.0 Å². The molecule has 0 unspecified atom stereocenters. The summed E-state index contributed by atoms with van der Waals surface area (Å²) in [6.07, 6.45) is 4.11. The van der Waals surface area contributed by atoms with Gasteiger partial charge in [0, 0.05) is 36.1 Å². The molecule has 0 saturated carbocycles. The average molecular weight is 336 g/mol. The second-order valence-electron chi connectivity index (χ2n) is 6.31. The molecule has 2 N–H and O–H groups in total. The fourth-order valence-corrected chi connectivity index (χ4v) is 2.94. The van der Waals surface area contributed by atoms with Crippen LogP contribution in [0.4, 0.5) is 0 Å². The molecule has 0 fully saturated rings. The smallest absolute Gasteiger partial charge is 0.220 e. The summed E-state index contributed by atoms with van der Waals surface area (Å²) in [5, 5.41) is 4.19. The third-order valence-corrected chi connectivity index (χ3v) is 4.45. The van der Waals surface area contributed by atoms with Gasteiger partial charge in [0.25, 0.3) is 0 Å². The molecule has 3 rings (SSSR count). The minimum Gasteiger partial charge on any atom is -0.497 e. The molecular weight excluding hydrogens is 312 g/mol. The van der Waals surface area contributed by atoms with E-state index in [9.17, 15) is 4.79 Å². The molecule has 2 aromatic carbocycles. The number of hydrogen-bond acceptors (Lipinski definition) is 2. The van der Waals surface area contributed by atoms with Gasteiger partial charge in [-0.15, -0.1) is 0 Å². The van der Waals surface area contributed by atoms with Crippen LogP contribution in [-0.2, 0) is 17.6 Å². The zero-order valence-electron chi connectivity index (χ0n) is 14.8. The highest BCUT2D eigenvalue weighted by Crippen LogP contribution is 2.23. The first kappa shape index (κ1) is 17.1. The van der Waals surface area contributed by atoms with Crippen LogP contribution in [0.3, 0.4) is 0 Å². The number of hydrogen-bond donors (Lipinski definition) is 2. The molecule has 0 radical (unpaired) electrons. The number of amides is 1. The summed E-state index contributed by atoms with van der Waals surface area (Å²) in [5.41, 5.74) is 4.70. The van der Waals surface area contributed by atoms with Crippen molar-refractivity contribution in [3.63, 3.8) is 0 Å². The first-order valence-electron chi connectivity index (χ1n) is 8.62. The largest absolute Gasteiger partial charge is 0.497 e. The summed E-state index contributed by atoms with van der Waals surface area (Å²) >= 11 is 0. The Labute approximate surface area is 148 Å². The van der Waals surface area contributed by atoms with E-state index in [0.29, 0.717) is 13.0 Å². The lowest BCUT2D eigenvalue weighted by atomic mass is 10.1. The molecule has 0 saturated heterocycles. The van der Waals surface area contributed by atoms with Gasteiger partial charge in [0.1, 0.15) is 5.75 Å². The molecule has 1 aromatic heterocycles. The molecule has 130 valence electrons. The Bertz CT molecular complexity index is 850. The predicted octanol–water partition coefficient (Wildman–Crippen LogP) is 3.78. The zero-order chi connectivity index (χ0) is 17.6. The van der Waals surface area contributed by atoms with Gasteiger partial charge >= 0.3 is 0 Å². The Morgan fingerprint density at radius 3 is 2.68 bits per heavy atom. The van der Waals surface area contributed by atoms with E-state index in [1.54, 1.807) is 7.11 Å². The molecule has 1 heterocycles. The standard InChI is InChI=1S/C21H24N2O2/c1-15-3-5-16(6-4-15)7-10-21(24)22-12-11-17-14-23-20-13-18(25-2)8-9-19(17)20/h3-6,8-9,13-14,23H,7,10-12H2,1-2H3,(H,22,24). The van der Waals surface area contributed by atoms with Gasteiger partial charge in [0.05, 0.1) is 7.11 Å². The minimum atomic E-state index is 0.0992. The number of aryl methyl sites for hydroxylation is 2. The first-order valence-corrected chi connectivity index (χ1v) is 8.62. The number of aromatic amines is 1. The number of H-pyrrole nitrogens is 1. The van der Waals surface area contributed by atoms with Crippen LogP contribution < -0.4 is 10.1 Å². The van der Waals surface area contributed by atoms with Crippen molar-refractivity contribution >= 4 is 16.8 Å². The van der Waals surface area contributed by atoms with Crippen LogP contribution in [0.15, 0.2) is 48.7 Å². The average Bonchev–Trinajstić information content (AvgIpc) is 3.03. The molecule has 3 aromatic rings. The van der Waals surface area contributed by atoms with Crippen LogP contribution in [0.25, 0.3) is 10.9 Å². The summed E-state index contributed by atoms with van der Waals surface area (Å²) < 4.78 is 5.24. The first-order chi connectivity index (χ1) is 12.2. The van der Waals surface area contributed by atoms with E-state index in [1.165, 1.54) is 22.1 Å². The van der Waals surface area contributed by atoms with Gasteiger partial charge in [0.2, 0.25) is 5.91 Å². The van der Waals surface area contributed by atoms with Crippen molar-refractivity contribution in [2.24, 2.45) is 0 Å². The van der Waals surface area contributed by atoms with Crippen molar-refractivity contribution in [3.8, 4) is 5.75 Å². The Kier molecular flexibility index (Phi) is 5.39. The van der Waals surface area contributed by atoms with E-state index in [2.05, 4.69) is 47.6 Å². The number of carbonyl (C=O) groups excluding carboxylic acids is 1. The third-order valence-electron chi connectivity index (χ3n) is 4.45. The van der Waals surface area contributed by atoms with Gasteiger partial charge in [-0.2, -0.15) is 0 Å². The maximum atomic E-state index is 12.0. The Hall–Kier alpha value is -2.75. The van der Waals surface area contributed by atoms with E-state index in [-0.39, 0.29) is 5.91 Å². The summed E-state index contributed by atoms with van der Waals surface area (Å²) in [6, 6.07) is 14.3. The zero-order valence-corrected chi connectivity index (χ0v) is 14.8. The second kappa shape index (κ2) is 7.88. The predicted molar refractivity (Wildman–Crippen MR) is 101 cm³/mol. The van der Waals surface area contributed by atoms with E-state index in [4.69, 9.17) is 4.74 Å². The third kappa shape index (κ3) is 4.41. The monoisotopic (exact) mass is 336 g/mol. The molecule has 1 amide bonds. The SMILES string of the molecule is COc1ccc2c(CCNC(=O)CCc3ccc(C)cc3)c[nH]c2c1. The molecule has 0 aliphatic carbocycles.